The van der Waals surface area contributed by atoms with Gasteiger partial charge in [-0.05, 0) is 42.8 Å². The Bertz CT molecular complexity index is 1210. The van der Waals surface area contributed by atoms with E-state index in [1.165, 1.54) is 30.2 Å². The predicted octanol–water partition coefficient (Wildman–Crippen LogP) is 4.00. The van der Waals surface area contributed by atoms with Crippen molar-refractivity contribution >= 4 is 27.6 Å². The van der Waals surface area contributed by atoms with E-state index in [1.807, 2.05) is 37.3 Å². The van der Waals surface area contributed by atoms with E-state index < -0.39 is 16.0 Å². The lowest BCUT2D eigenvalue weighted by Crippen LogP contribution is -2.33. The molecule has 3 rings (SSSR count). The summed E-state index contributed by atoms with van der Waals surface area (Å²) in [5.41, 5.74) is 2.54. The Kier molecular flexibility index (Phi) is 7.84. The molecule has 0 spiro atoms. The number of carbonyl (C=O) groups excluding carboxylic acids is 2. The fourth-order valence-electron chi connectivity index (χ4n) is 3.20. The lowest BCUT2D eigenvalue weighted by molar-refractivity contribution is -0.140. The van der Waals surface area contributed by atoms with Crippen molar-refractivity contribution in [3.8, 4) is 0 Å². The number of rotatable bonds is 9. The van der Waals surface area contributed by atoms with Crippen LogP contribution in [0.5, 0.6) is 0 Å². The highest BCUT2D eigenvalue weighted by molar-refractivity contribution is 7.92. The van der Waals surface area contributed by atoms with Gasteiger partial charge in [0.15, 0.2) is 0 Å². The van der Waals surface area contributed by atoms with Crippen molar-refractivity contribution in [1.29, 1.82) is 0 Å². The van der Waals surface area contributed by atoms with Crippen LogP contribution < -0.4 is 4.72 Å². The van der Waals surface area contributed by atoms with Crippen molar-refractivity contribution in [3.63, 3.8) is 0 Å². The molecule has 3 aromatic carbocycles. The van der Waals surface area contributed by atoms with E-state index in [0.29, 0.717) is 5.69 Å². The Morgan fingerprint density at radius 2 is 1.64 bits per heavy atom. The van der Waals surface area contributed by atoms with Gasteiger partial charge < -0.3 is 9.64 Å². The molecule has 8 heteroatoms. The van der Waals surface area contributed by atoms with Gasteiger partial charge in [0.05, 0.1) is 18.4 Å². The topological polar surface area (TPSA) is 92.8 Å². The first-order chi connectivity index (χ1) is 15.8. The third-order valence-corrected chi connectivity index (χ3v) is 6.39. The van der Waals surface area contributed by atoms with Crippen molar-refractivity contribution in [1.82, 2.24) is 4.90 Å². The number of carbonyl (C=O) groups is 2. The van der Waals surface area contributed by atoms with Gasteiger partial charge in [-0.2, -0.15) is 0 Å². The third kappa shape index (κ3) is 6.66. The second-order valence-electron chi connectivity index (χ2n) is 7.54. The molecule has 1 N–H and O–H groups in total. The van der Waals surface area contributed by atoms with E-state index in [2.05, 4.69) is 4.72 Å². The molecule has 172 valence electrons. The number of esters is 1. The molecule has 0 saturated carbocycles. The second-order valence-corrected chi connectivity index (χ2v) is 9.22. The Morgan fingerprint density at radius 1 is 0.939 bits per heavy atom. The summed E-state index contributed by atoms with van der Waals surface area (Å²) in [6.45, 7) is 2.32. The Hall–Kier alpha value is -3.65. The van der Waals surface area contributed by atoms with Crippen LogP contribution in [-0.2, 0) is 26.1 Å². The normalized spacial score (nSPS) is 11.0. The van der Waals surface area contributed by atoms with Gasteiger partial charge >= 0.3 is 5.97 Å². The Morgan fingerprint density at radius 3 is 2.30 bits per heavy atom. The first kappa shape index (κ1) is 24.0. The van der Waals surface area contributed by atoms with Crippen molar-refractivity contribution < 1.29 is 22.7 Å². The van der Waals surface area contributed by atoms with Crippen LogP contribution in [0.25, 0.3) is 0 Å². The molecule has 0 radical (unpaired) electrons. The maximum Gasteiger partial charge on any atom is 0.307 e. The molecule has 0 unspecified atom stereocenters. The predicted molar refractivity (Wildman–Crippen MR) is 126 cm³/mol. The highest BCUT2D eigenvalue weighted by Gasteiger charge is 2.21. The number of methoxy groups -OCH3 is 1. The van der Waals surface area contributed by atoms with E-state index >= 15 is 0 Å². The number of ether oxygens (including phenoxy) is 1. The minimum absolute atomic E-state index is 0.0263. The van der Waals surface area contributed by atoms with Gasteiger partial charge in [0.2, 0.25) is 0 Å². The summed E-state index contributed by atoms with van der Waals surface area (Å²) >= 11 is 0. The highest BCUT2D eigenvalue weighted by Crippen LogP contribution is 2.19. The number of sulfonamides is 1. The van der Waals surface area contributed by atoms with Gasteiger partial charge in [0.25, 0.3) is 15.9 Å². The lowest BCUT2D eigenvalue weighted by Gasteiger charge is -2.23. The quantitative estimate of drug-likeness (QED) is 0.481. The fourth-order valence-corrected chi connectivity index (χ4v) is 4.30. The summed E-state index contributed by atoms with van der Waals surface area (Å²) in [4.78, 5) is 26.4. The molecule has 0 aliphatic rings. The molecule has 0 aromatic heterocycles. The van der Waals surface area contributed by atoms with E-state index in [1.54, 1.807) is 30.3 Å². The number of amides is 1. The molecule has 1 amide bonds. The zero-order valence-corrected chi connectivity index (χ0v) is 19.3. The molecule has 0 aliphatic heterocycles. The molecule has 0 heterocycles. The number of aryl methyl sites for hydroxylation is 1. The van der Waals surface area contributed by atoms with Gasteiger partial charge in [-0.3, -0.25) is 14.3 Å². The van der Waals surface area contributed by atoms with Gasteiger partial charge in [0.1, 0.15) is 0 Å². The van der Waals surface area contributed by atoms with E-state index in [4.69, 9.17) is 4.74 Å². The smallest absolute Gasteiger partial charge is 0.307 e. The number of nitrogens with one attached hydrogen (secondary N) is 1. The molecule has 0 atom stereocenters. The maximum absolute atomic E-state index is 13.3. The molecule has 0 saturated heterocycles. The van der Waals surface area contributed by atoms with E-state index in [9.17, 15) is 18.0 Å². The van der Waals surface area contributed by atoms with Crippen LogP contribution >= 0.6 is 0 Å². The summed E-state index contributed by atoms with van der Waals surface area (Å²) in [6.07, 6.45) is 0.0298. The van der Waals surface area contributed by atoms with Crippen LogP contribution in [0, 0.1) is 6.92 Å². The summed E-state index contributed by atoms with van der Waals surface area (Å²) in [5.74, 6) is -0.811. The average molecular weight is 467 g/mol. The number of anilines is 1. The minimum atomic E-state index is -3.89. The number of hydrogen-bond donors (Lipinski definition) is 1. The summed E-state index contributed by atoms with van der Waals surface area (Å²) in [5, 5.41) is 0. The SMILES string of the molecule is COC(=O)CCN(Cc1ccccc1)C(=O)c1cccc(S(=O)(=O)Nc2ccc(C)cc2)c1. The first-order valence-electron chi connectivity index (χ1n) is 10.4. The molecule has 0 aliphatic carbocycles. The summed E-state index contributed by atoms with van der Waals surface area (Å²) in [6, 6.07) is 22.2. The number of benzene rings is 3. The monoisotopic (exact) mass is 466 g/mol. The van der Waals surface area contributed by atoms with Crippen molar-refractivity contribution in [2.75, 3.05) is 18.4 Å². The largest absolute Gasteiger partial charge is 0.469 e. The standard InChI is InChI=1S/C25H26N2O5S/c1-19-11-13-22(14-12-19)26-33(30,31)23-10-6-9-21(17-23)25(29)27(16-15-24(28)32-2)18-20-7-4-3-5-8-20/h3-14,17,26H,15-16,18H2,1-2H3. The lowest BCUT2D eigenvalue weighted by atomic mass is 10.1. The fraction of sp³-hybridized carbons (Fsp3) is 0.200. The first-order valence-corrected chi connectivity index (χ1v) is 11.9. The van der Waals surface area contributed by atoms with Gasteiger partial charge in [-0.1, -0.05) is 54.1 Å². The third-order valence-electron chi connectivity index (χ3n) is 5.01. The Labute approximate surface area is 194 Å². The molecule has 7 nitrogen and oxygen atoms in total. The van der Waals surface area contributed by atoms with Crippen LogP contribution in [0.3, 0.4) is 0 Å². The molecular formula is C25H26N2O5S. The van der Waals surface area contributed by atoms with E-state index in [0.717, 1.165) is 11.1 Å². The van der Waals surface area contributed by atoms with Crippen LogP contribution in [-0.4, -0.2) is 38.8 Å². The number of hydrogen-bond acceptors (Lipinski definition) is 5. The molecule has 0 bridgehead atoms. The second kappa shape index (κ2) is 10.8. The average Bonchev–Trinajstić information content (AvgIpc) is 2.83. The maximum atomic E-state index is 13.3. The molecule has 0 fully saturated rings. The molecule has 33 heavy (non-hydrogen) atoms. The van der Waals surface area contributed by atoms with Crippen LogP contribution in [0.15, 0.2) is 83.8 Å². The molecule has 3 aromatic rings. The van der Waals surface area contributed by atoms with Gasteiger partial charge in [0, 0.05) is 24.3 Å². The Balaban J connectivity index is 1.84. The van der Waals surface area contributed by atoms with E-state index in [-0.39, 0.29) is 35.9 Å². The van der Waals surface area contributed by atoms with Crippen molar-refractivity contribution in [3.05, 3.63) is 95.6 Å². The highest BCUT2D eigenvalue weighted by atomic mass is 32.2. The van der Waals surface area contributed by atoms with Crippen LogP contribution in [0.4, 0.5) is 5.69 Å². The van der Waals surface area contributed by atoms with Crippen LogP contribution in [0.1, 0.15) is 27.9 Å². The summed E-state index contributed by atoms with van der Waals surface area (Å²) in [7, 11) is -2.60. The minimum Gasteiger partial charge on any atom is -0.469 e. The van der Waals surface area contributed by atoms with Crippen LogP contribution in [0.2, 0.25) is 0 Å². The zero-order chi connectivity index (χ0) is 23.8. The van der Waals surface area contributed by atoms with Crippen molar-refractivity contribution in [2.45, 2.75) is 24.8 Å². The summed E-state index contributed by atoms with van der Waals surface area (Å²) < 4.78 is 33.0. The number of nitrogens with zero attached hydrogens (tertiary/aromatic N) is 1. The van der Waals surface area contributed by atoms with Gasteiger partial charge in [-0.15, -0.1) is 0 Å². The van der Waals surface area contributed by atoms with Crippen molar-refractivity contribution in [2.24, 2.45) is 0 Å². The molecular weight excluding hydrogens is 440 g/mol. The zero-order valence-electron chi connectivity index (χ0n) is 18.5. The van der Waals surface area contributed by atoms with Gasteiger partial charge in [-0.25, -0.2) is 8.42 Å².